The lowest BCUT2D eigenvalue weighted by atomic mass is 9.92. The van der Waals surface area contributed by atoms with Gasteiger partial charge in [0.2, 0.25) is 0 Å². The number of hydrogen-bond donors (Lipinski definition) is 1. The Kier molecular flexibility index (Phi) is 6.32. The van der Waals surface area contributed by atoms with Gasteiger partial charge in [0.1, 0.15) is 0 Å². The van der Waals surface area contributed by atoms with Crippen molar-refractivity contribution in [2.75, 3.05) is 32.1 Å². The van der Waals surface area contributed by atoms with E-state index in [-0.39, 0.29) is 0 Å². The molecule has 3 heteroatoms. The zero-order valence-electron chi connectivity index (χ0n) is 12.3. The van der Waals surface area contributed by atoms with Crippen molar-refractivity contribution in [1.82, 2.24) is 10.2 Å². The van der Waals surface area contributed by atoms with Crippen LogP contribution in [-0.2, 0) is 0 Å². The van der Waals surface area contributed by atoms with E-state index in [9.17, 15) is 0 Å². The fourth-order valence-corrected chi connectivity index (χ4v) is 2.68. The molecule has 102 valence electrons. The van der Waals surface area contributed by atoms with E-state index in [1.807, 2.05) is 11.8 Å². The van der Waals surface area contributed by atoms with Gasteiger partial charge in [-0.3, -0.25) is 0 Å². The Labute approximate surface area is 112 Å². The van der Waals surface area contributed by atoms with Crippen molar-refractivity contribution in [3.05, 3.63) is 0 Å². The minimum absolute atomic E-state index is 0.380. The molecule has 0 saturated heterocycles. The van der Waals surface area contributed by atoms with E-state index in [2.05, 4.69) is 44.3 Å². The molecule has 0 spiro atoms. The van der Waals surface area contributed by atoms with Gasteiger partial charge in [-0.25, -0.2) is 0 Å². The third-order valence-corrected chi connectivity index (χ3v) is 4.26. The Hall–Kier alpha value is 0.270. The standard InChI is InChI=1S/C14H30N2S/c1-12(8-9-17-5)16(4)11-14(2,3)10-15-13-6-7-13/h12-13,15H,6-11H2,1-5H3. The van der Waals surface area contributed by atoms with Crippen molar-refractivity contribution in [2.24, 2.45) is 5.41 Å². The number of hydrogen-bond acceptors (Lipinski definition) is 3. The van der Waals surface area contributed by atoms with Crippen molar-refractivity contribution in [2.45, 2.75) is 52.1 Å². The molecule has 1 rings (SSSR count). The lowest BCUT2D eigenvalue weighted by Crippen LogP contribution is -2.42. The van der Waals surface area contributed by atoms with Gasteiger partial charge in [-0.1, -0.05) is 13.8 Å². The van der Waals surface area contributed by atoms with Crippen LogP contribution in [0.25, 0.3) is 0 Å². The van der Waals surface area contributed by atoms with E-state index in [4.69, 9.17) is 0 Å². The van der Waals surface area contributed by atoms with Gasteiger partial charge in [-0.2, -0.15) is 11.8 Å². The van der Waals surface area contributed by atoms with Crippen molar-refractivity contribution in [1.29, 1.82) is 0 Å². The van der Waals surface area contributed by atoms with Gasteiger partial charge in [0.25, 0.3) is 0 Å². The quantitative estimate of drug-likeness (QED) is 0.684. The molecule has 1 aliphatic carbocycles. The maximum atomic E-state index is 3.65. The van der Waals surface area contributed by atoms with Crippen LogP contribution in [0.15, 0.2) is 0 Å². The molecule has 17 heavy (non-hydrogen) atoms. The molecule has 1 fully saturated rings. The summed E-state index contributed by atoms with van der Waals surface area (Å²) in [6, 6.07) is 1.52. The zero-order valence-corrected chi connectivity index (χ0v) is 13.1. The van der Waals surface area contributed by atoms with Crippen molar-refractivity contribution < 1.29 is 0 Å². The van der Waals surface area contributed by atoms with Crippen molar-refractivity contribution in [3.8, 4) is 0 Å². The predicted octanol–water partition coefficient (Wildman–Crippen LogP) is 2.84. The lowest BCUT2D eigenvalue weighted by molar-refractivity contribution is 0.163. The maximum absolute atomic E-state index is 3.65. The largest absolute Gasteiger partial charge is 0.313 e. The average Bonchev–Trinajstić information content (AvgIpc) is 3.06. The number of nitrogens with one attached hydrogen (secondary N) is 1. The Morgan fingerprint density at radius 3 is 2.59 bits per heavy atom. The molecule has 0 amide bonds. The molecule has 0 aromatic carbocycles. The topological polar surface area (TPSA) is 15.3 Å². The normalized spacial score (nSPS) is 18.7. The van der Waals surface area contributed by atoms with Gasteiger partial charge >= 0.3 is 0 Å². The van der Waals surface area contributed by atoms with E-state index in [0.29, 0.717) is 11.5 Å². The fraction of sp³-hybridized carbons (Fsp3) is 1.00. The molecular weight excluding hydrogens is 228 g/mol. The molecule has 0 aliphatic heterocycles. The summed E-state index contributed by atoms with van der Waals surface area (Å²) in [4.78, 5) is 2.52. The highest BCUT2D eigenvalue weighted by molar-refractivity contribution is 7.98. The fourth-order valence-electron chi connectivity index (χ4n) is 2.10. The Morgan fingerprint density at radius 1 is 1.41 bits per heavy atom. The van der Waals surface area contributed by atoms with Crippen molar-refractivity contribution in [3.63, 3.8) is 0 Å². The number of nitrogens with zero attached hydrogens (tertiary/aromatic N) is 1. The minimum Gasteiger partial charge on any atom is -0.313 e. The van der Waals surface area contributed by atoms with Gasteiger partial charge < -0.3 is 10.2 Å². The molecular formula is C14H30N2S. The van der Waals surface area contributed by atoms with Crippen LogP contribution >= 0.6 is 11.8 Å². The van der Waals surface area contributed by atoms with Crippen molar-refractivity contribution >= 4 is 11.8 Å². The first-order chi connectivity index (χ1) is 7.94. The Bertz CT molecular complexity index is 214. The van der Waals surface area contributed by atoms with Crippen LogP contribution in [-0.4, -0.2) is 49.1 Å². The lowest BCUT2D eigenvalue weighted by Gasteiger charge is -2.34. The number of rotatable bonds is 9. The summed E-state index contributed by atoms with van der Waals surface area (Å²) in [5, 5.41) is 3.65. The molecule has 0 heterocycles. The van der Waals surface area contributed by atoms with Gasteiger partial charge in [-0.05, 0) is 50.7 Å². The summed E-state index contributed by atoms with van der Waals surface area (Å²) in [5.41, 5.74) is 0.380. The van der Waals surface area contributed by atoms with E-state index in [1.54, 1.807) is 0 Å². The SMILES string of the molecule is CSCCC(C)N(C)CC(C)(C)CNC1CC1. The van der Waals surface area contributed by atoms with Crippen LogP contribution in [0.3, 0.4) is 0 Å². The molecule has 1 unspecified atom stereocenters. The summed E-state index contributed by atoms with van der Waals surface area (Å²) >= 11 is 1.95. The highest BCUT2D eigenvalue weighted by Gasteiger charge is 2.26. The van der Waals surface area contributed by atoms with E-state index < -0.39 is 0 Å². The Balaban J connectivity index is 2.23. The highest BCUT2D eigenvalue weighted by atomic mass is 32.2. The molecule has 1 aliphatic rings. The van der Waals surface area contributed by atoms with E-state index in [1.165, 1.54) is 31.6 Å². The second-order valence-electron chi connectivity index (χ2n) is 6.36. The molecule has 2 nitrogen and oxygen atoms in total. The second-order valence-corrected chi connectivity index (χ2v) is 7.35. The van der Waals surface area contributed by atoms with Crippen LogP contribution in [0.4, 0.5) is 0 Å². The molecule has 1 saturated carbocycles. The number of thioether (sulfide) groups is 1. The van der Waals surface area contributed by atoms with Crippen LogP contribution in [0.1, 0.15) is 40.0 Å². The third kappa shape index (κ3) is 6.68. The van der Waals surface area contributed by atoms with Gasteiger partial charge in [-0.15, -0.1) is 0 Å². The van der Waals surface area contributed by atoms with Gasteiger partial charge in [0, 0.05) is 25.2 Å². The summed E-state index contributed by atoms with van der Waals surface area (Å²) < 4.78 is 0. The van der Waals surface area contributed by atoms with Gasteiger partial charge in [0.05, 0.1) is 0 Å². The monoisotopic (exact) mass is 258 g/mol. The zero-order chi connectivity index (χ0) is 12.9. The molecule has 1 N–H and O–H groups in total. The van der Waals surface area contributed by atoms with E-state index >= 15 is 0 Å². The first-order valence-corrected chi connectivity index (χ1v) is 8.26. The first kappa shape index (κ1) is 15.3. The third-order valence-electron chi connectivity index (χ3n) is 3.62. The summed E-state index contributed by atoms with van der Waals surface area (Å²) in [6.07, 6.45) is 6.26. The van der Waals surface area contributed by atoms with Crippen LogP contribution in [0.2, 0.25) is 0 Å². The molecule has 0 aromatic heterocycles. The summed E-state index contributed by atoms with van der Waals surface area (Å²) in [7, 11) is 2.27. The van der Waals surface area contributed by atoms with Gasteiger partial charge in [0.15, 0.2) is 0 Å². The predicted molar refractivity (Wildman–Crippen MR) is 79.9 cm³/mol. The first-order valence-electron chi connectivity index (χ1n) is 6.87. The molecule has 0 bridgehead atoms. The molecule has 1 atom stereocenters. The summed E-state index contributed by atoms with van der Waals surface area (Å²) in [6.45, 7) is 9.43. The highest BCUT2D eigenvalue weighted by Crippen LogP contribution is 2.23. The molecule has 0 radical (unpaired) electrons. The van der Waals surface area contributed by atoms with E-state index in [0.717, 1.165) is 12.6 Å². The molecule has 0 aromatic rings. The smallest absolute Gasteiger partial charge is 0.00719 e. The average molecular weight is 258 g/mol. The Morgan fingerprint density at radius 2 is 2.06 bits per heavy atom. The summed E-state index contributed by atoms with van der Waals surface area (Å²) in [5.74, 6) is 1.27. The second kappa shape index (κ2) is 7.01. The van der Waals surface area contributed by atoms with Crippen LogP contribution in [0.5, 0.6) is 0 Å². The van der Waals surface area contributed by atoms with Crippen LogP contribution in [0, 0.1) is 5.41 Å². The minimum atomic E-state index is 0.380. The van der Waals surface area contributed by atoms with Crippen LogP contribution < -0.4 is 5.32 Å². The maximum Gasteiger partial charge on any atom is 0.00719 e.